The Morgan fingerprint density at radius 1 is 0.886 bits per heavy atom. The van der Waals surface area contributed by atoms with Crippen LogP contribution in [-0.2, 0) is 4.79 Å². The minimum atomic E-state index is -0.652. The lowest BCUT2D eigenvalue weighted by molar-refractivity contribution is -0.138. The molecule has 0 aliphatic carbocycles. The van der Waals surface area contributed by atoms with E-state index in [9.17, 15) is 4.79 Å². The van der Waals surface area contributed by atoms with Gasteiger partial charge in [-0.2, -0.15) is 0 Å². The number of hydrogen-bond acceptors (Lipinski definition) is 5. The van der Waals surface area contributed by atoms with E-state index in [1.165, 1.54) is 10.8 Å². The topological polar surface area (TPSA) is 58.6 Å². The van der Waals surface area contributed by atoms with Crippen LogP contribution in [-0.4, -0.2) is 53.3 Å². The number of carbonyl (C=O) groups is 1. The molecule has 1 aromatic heterocycles. The fraction of sp³-hybridized carbons (Fsp3) is 0.222. The van der Waals surface area contributed by atoms with Crippen LogP contribution in [0.2, 0.25) is 10.0 Å². The van der Waals surface area contributed by atoms with E-state index >= 15 is 0 Å². The van der Waals surface area contributed by atoms with E-state index in [0.717, 1.165) is 17.1 Å². The van der Waals surface area contributed by atoms with Gasteiger partial charge in [0.15, 0.2) is 11.9 Å². The molecule has 1 amide bonds. The van der Waals surface area contributed by atoms with Gasteiger partial charge in [0.1, 0.15) is 5.75 Å². The first-order valence-electron chi connectivity index (χ1n) is 11.5. The van der Waals surface area contributed by atoms with Crippen LogP contribution in [0.25, 0.3) is 22.0 Å². The zero-order valence-corrected chi connectivity index (χ0v) is 20.7. The Labute approximate surface area is 214 Å². The van der Waals surface area contributed by atoms with Gasteiger partial charge < -0.3 is 14.5 Å². The number of fused-ring (bicyclic) bond motifs is 1. The molecule has 0 N–H and O–H groups in total. The van der Waals surface area contributed by atoms with Gasteiger partial charge in [-0.05, 0) is 54.1 Å². The summed E-state index contributed by atoms with van der Waals surface area (Å²) in [6, 6.07) is 23.5. The number of anilines is 1. The molecule has 6 nitrogen and oxygen atoms in total. The summed E-state index contributed by atoms with van der Waals surface area (Å²) in [4.78, 5) is 16.9. The van der Waals surface area contributed by atoms with Crippen LogP contribution in [0.15, 0.2) is 72.8 Å². The molecular weight excluding hydrogens is 483 g/mol. The van der Waals surface area contributed by atoms with Crippen LogP contribution < -0.4 is 9.64 Å². The maximum atomic E-state index is 12.9. The fourth-order valence-corrected chi connectivity index (χ4v) is 4.67. The largest absolute Gasteiger partial charge is 0.479 e. The average Bonchev–Trinajstić information content (AvgIpc) is 2.90. The lowest BCUT2D eigenvalue weighted by Crippen LogP contribution is -2.52. The Balaban J connectivity index is 1.19. The summed E-state index contributed by atoms with van der Waals surface area (Å²) in [7, 11) is 0. The second kappa shape index (κ2) is 10.1. The van der Waals surface area contributed by atoms with E-state index in [1.807, 2.05) is 29.2 Å². The van der Waals surface area contributed by atoms with Crippen LogP contribution in [0.5, 0.6) is 5.75 Å². The molecule has 0 saturated carbocycles. The standard InChI is InChI=1S/C27H24Cl2N4O2/c1-18(35-25-10-8-22(28)17-23(25)29)27(34)33-14-12-32(13-15-33)26-11-9-24(30-31-26)21-7-6-19-4-2-3-5-20(19)16-21/h2-11,16-18H,12-15H2,1H3. The van der Waals surface area contributed by atoms with Gasteiger partial charge >= 0.3 is 0 Å². The third kappa shape index (κ3) is 5.19. The normalized spacial score (nSPS) is 14.7. The van der Waals surface area contributed by atoms with E-state index in [1.54, 1.807) is 25.1 Å². The predicted octanol–water partition coefficient (Wildman–Crippen LogP) is 5.72. The molecule has 35 heavy (non-hydrogen) atoms. The lowest BCUT2D eigenvalue weighted by Gasteiger charge is -2.36. The first-order chi connectivity index (χ1) is 17.0. The SMILES string of the molecule is CC(Oc1ccc(Cl)cc1Cl)C(=O)N1CCN(c2ccc(-c3ccc4ccccc4c3)nn2)CC1. The second-order valence-electron chi connectivity index (χ2n) is 8.49. The number of piperazine rings is 1. The summed E-state index contributed by atoms with van der Waals surface area (Å²) in [5.74, 6) is 1.17. The summed E-state index contributed by atoms with van der Waals surface area (Å²) in [6.07, 6.45) is -0.652. The molecule has 4 aromatic rings. The number of benzene rings is 3. The number of nitrogens with zero attached hydrogens (tertiary/aromatic N) is 4. The highest BCUT2D eigenvalue weighted by Crippen LogP contribution is 2.29. The Morgan fingerprint density at radius 2 is 1.66 bits per heavy atom. The van der Waals surface area contributed by atoms with Crippen molar-refractivity contribution in [2.75, 3.05) is 31.1 Å². The molecule has 1 aliphatic heterocycles. The van der Waals surface area contributed by atoms with Gasteiger partial charge in [0.2, 0.25) is 0 Å². The maximum Gasteiger partial charge on any atom is 0.263 e. The average molecular weight is 507 g/mol. The number of aromatic nitrogens is 2. The number of halogens is 2. The molecule has 8 heteroatoms. The Hall–Kier alpha value is -3.35. The zero-order chi connectivity index (χ0) is 24.4. The van der Waals surface area contributed by atoms with Crippen molar-refractivity contribution in [1.82, 2.24) is 15.1 Å². The number of carbonyl (C=O) groups excluding carboxylic acids is 1. The Morgan fingerprint density at radius 3 is 2.37 bits per heavy atom. The molecule has 0 spiro atoms. The lowest BCUT2D eigenvalue weighted by atomic mass is 10.1. The van der Waals surface area contributed by atoms with Crippen molar-refractivity contribution in [3.63, 3.8) is 0 Å². The van der Waals surface area contributed by atoms with Gasteiger partial charge in [-0.3, -0.25) is 4.79 Å². The number of rotatable bonds is 5. The van der Waals surface area contributed by atoms with E-state index in [0.29, 0.717) is 42.0 Å². The molecule has 178 valence electrons. The monoisotopic (exact) mass is 506 g/mol. The van der Waals surface area contributed by atoms with Crippen molar-refractivity contribution in [2.45, 2.75) is 13.0 Å². The maximum absolute atomic E-state index is 12.9. The van der Waals surface area contributed by atoms with E-state index in [2.05, 4.69) is 45.4 Å². The van der Waals surface area contributed by atoms with E-state index in [4.69, 9.17) is 27.9 Å². The van der Waals surface area contributed by atoms with Crippen molar-refractivity contribution >= 4 is 45.7 Å². The number of ether oxygens (including phenoxy) is 1. The zero-order valence-electron chi connectivity index (χ0n) is 19.2. The Bertz CT molecular complexity index is 1360. The summed E-state index contributed by atoms with van der Waals surface area (Å²) in [5, 5.41) is 12.2. The van der Waals surface area contributed by atoms with Gasteiger partial charge in [-0.15, -0.1) is 10.2 Å². The second-order valence-corrected chi connectivity index (χ2v) is 9.33. The smallest absolute Gasteiger partial charge is 0.263 e. The van der Waals surface area contributed by atoms with Gasteiger partial charge in [0.05, 0.1) is 10.7 Å². The molecule has 0 bridgehead atoms. The van der Waals surface area contributed by atoms with Crippen LogP contribution in [0.4, 0.5) is 5.82 Å². The molecule has 5 rings (SSSR count). The molecule has 0 radical (unpaired) electrons. The quantitative estimate of drug-likeness (QED) is 0.346. The van der Waals surface area contributed by atoms with Crippen LogP contribution in [0.3, 0.4) is 0 Å². The third-order valence-corrected chi connectivity index (χ3v) is 6.69. The highest BCUT2D eigenvalue weighted by Gasteiger charge is 2.27. The molecule has 1 atom stereocenters. The molecule has 1 fully saturated rings. The molecule has 3 aromatic carbocycles. The first-order valence-corrected chi connectivity index (χ1v) is 12.2. The minimum absolute atomic E-state index is 0.0756. The van der Waals surface area contributed by atoms with Crippen molar-refractivity contribution in [1.29, 1.82) is 0 Å². The summed E-state index contributed by atoms with van der Waals surface area (Å²) in [5.41, 5.74) is 1.87. The van der Waals surface area contributed by atoms with Crippen molar-refractivity contribution in [3.8, 4) is 17.0 Å². The minimum Gasteiger partial charge on any atom is -0.479 e. The highest BCUT2D eigenvalue weighted by atomic mass is 35.5. The van der Waals surface area contributed by atoms with Crippen LogP contribution >= 0.6 is 23.2 Å². The van der Waals surface area contributed by atoms with Gasteiger partial charge in [0.25, 0.3) is 5.91 Å². The van der Waals surface area contributed by atoms with Crippen LogP contribution in [0.1, 0.15) is 6.92 Å². The van der Waals surface area contributed by atoms with Crippen molar-refractivity contribution in [2.24, 2.45) is 0 Å². The predicted molar refractivity (Wildman–Crippen MR) is 140 cm³/mol. The van der Waals surface area contributed by atoms with Crippen molar-refractivity contribution in [3.05, 3.63) is 82.8 Å². The van der Waals surface area contributed by atoms with E-state index in [-0.39, 0.29) is 5.91 Å². The third-order valence-electron chi connectivity index (χ3n) is 6.16. The molecule has 1 unspecified atom stereocenters. The van der Waals surface area contributed by atoms with Gasteiger partial charge in [-0.25, -0.2) is 0 Å². The van der Waals surface area contributed by atoms with E-state index < -0.39 is 6.10 Å². The number of amides is 1. The molecule has 1 aliphatic rings. The molecule has 2 heterocycles. The van der Waals surface area contributed by atoms with Gasteiger partial charge in [-0.1, -0.05) is 59.6 Å². The van der Waals surface area contributed by atoms with Gasteiger partial charge in [0, 0.05) is 36.8 Å². The molecule has 1 saturated heterocycles. The highest BCUT2D eigenvalue weighted by molar-refractivity contribution is 6.35. The van der Waals surface area contributed by atoms with Crippen LogP contribution in [0, 0.1) is 0 Å². The fourth-order valence-electron chi connectivity index (χ4n) is 4.22. The summed E-state index contributed by atoms with van der Waals surface area (Å²) >= 11 is 12.1. The first kappa shape index (κ1) is 23.4. The summed E-state index contributed by atoms with van der Waals surface area (Å²) < 4.78 is 5.79. The Kier molecular flexibility index (Phi) is 6.75. The number of hydrogen-bond donors (Lipinski definition) is 0. The van der Waals surface area contributed by atoms with Crippen molar-refractivity contribution < 1.29 is 9.53 Å². The molecular formula is C27H24Cl2N4O2. The summed E-state index contributed by atoms with van der Waals surface area (Å²) in [6.45, 7) is 4.23.